The van der Waals surface area contributed by atoms with Crippen LogP contribution in [0.25, 0.3) is 10.9 Å². The highest BCUT2D eigenvalue weighted by atomic mass is 79.9. The summed E-state index contributed by atoms with van der Waals surface area (Å²) in [6.45, 7) is 4.16. The Morgan fingerprint density at radius 2 is 2.21 bits per heavy atom. The van der Waals surface area contributed by atoms with Gasteiger partial charge in [0, 0.05) is 23.2 Å². The first-order valence-corrected chi connectivity index (χ1v) is 7.36. The Morgan fingerprint density at radius 1 is 1.47 bits per heavy atom. The normalized spacial score (nSPS) is 11.2. The average molecular weight is 325 g/mol. The van der Waals surface area contributed by atoms with Gasteiger partial charge in [0.25, 0.3) is 0 Å². The number of hydrogen-bond donors (Lipinski definition) is 0. The zero-order chi connectivity index (χ0) is 14.0. The van der Waals surface area contributed by atoms with Crippen molar-refractivity contribution in [3.8, 4) is 0 Å². The van der Waals surface area contributed by atoms with Gasteiger partial charge in [-0.1, -0.05) is 22.0 Å². The Balaban J connectivity index is 2.62. The maximum absolute atomic E-state index is 11.6. The SMILES string of the molecule is COC(=O)c1ccc2c(CCBr)nn(C(C)C)c2c1. The summed E-state index contributed by atoms with van der Waals surface area (Å²) in [4.78, 5) is 11.6. The second-order valence-corrected chi connectivity index (χ2v) is 5.44. The quantitative estimate of drug-likeness (QED) is 0.640. The van der Waals surface area contributed by atoms with Crippen LogP contribution in [-0.4, -0.2) is 28.2 Å². The van der Waals surface area contributed by atoms with E-state index in [9.17, 15) is 4.79 Å². The molecule has 1 heterocycles. The van der Waals surface area contributed by atoms with Crippen LogP contribution < -0.4 is 0 Å². The fourth-order valence-corrected chi connectivity index (χ4v) is 2.49. The smallest absolute Gasteiger partial charge is 0.337 e. The number of rotatable bonds is 4. The van der Waals surface area contributed by atoms with Crippen molar-refractivity contribution >= 4 is 32.8 Å². The fraction of sp³-hybridized carbons (Fsp3) is 0.429. The number of fused-ring (bicyclic) bond motifs is 1. The lowest BCUT2D eigenvalue weighted by Crippen LogP contribution is -2.05. The molecule has 0 amide bonds. The standard InChI is InChI=1S/C14H17BrN2O2/c1-9(2)17-13-8-10(14(18)19-3)4-5-11(13)12(16-17)6-7-15/h4-5,8-9H,6-7H2,1-3H3. The van der Waals surface area contributed by atoms with Gasteiger partial charge in [-0.2, -0.15) is 5.10 Å². The van der Waals surface area contributed by atoms with Crippen molar-refractivity contribution < 1.29 is 9.53 Å². The molecule has 0 saturated carbocycles. The van der Waals surface area contributed by atoms with Crippen LogP contribution in [0.15, 0.2) is 18.2 Å². The van der Waals surface area contributed by atoms with Crippen LogP contribution in [-0.2, 0) is 11.2 Å². The molecule has 19 heavy (non-hydrogen) atoms. The van der Waals surface area contributed by atoms with Gasteiger partial charge >= 0.3 is 5.97 Å². The Morgan fingerprint density at radius 3 is 2.79 bits per heavy atom. The predicted molar refractivity (Wildman–Crippen MR) is 79.0 cm³/mol. The van der Waals surface area contributed by atoms with Gasteiger partial charge in [-0.25, -0.2) is 4.79 Å². The number of nitrogens with zero attached hydrogens (tertiary/aromatic N) is 2. The van der Waals surface area contributed by atoms with E-state index in [4.69, 9.17) is 4.74 Å². The van der Waals surface area contributed by atoms with Crippen LogP contribution in [0.1, 0.15) is 35.9 Å². The highest BCUT2D eigenvalue weighted by Gasteiger charge is 2.15. The molecule has 0 aliphatic rings. The Kier molecular flexibility index (Phi) is 4.24. The number of hydrogen-bond acceptors (Lipinski definition) is 3. The molecule has 0 aliphatic heterocycles. The van der Waals surface area contributed by atoms with Crippen molar-refractivity contribution in [2.24, 2.45) is 0 Å². The van der Waals surface area contributed by atoms with E-state index >= 15 is 0 Å². The zero-order valence-electron chi connectivity index (χ0n) is 11.3. The van der Waals surface area contributed by atoms with Crippen LogP contribution in [0.3, 0.4) is 0 Å². The number of aryl methyl sites for hydroxylation is 1. The van der Waals surface area contributed by atoms with E-state index < -0.39 is 0 Å². The predicted octanol–water partition coefficient (Wildman–Crippen LogP) is 3.34. The lowest BCUT2D eigenvalue weighted by Gasteiger charge is -2.07. The largest absolute Gasteiger partial charge is 0.465 e. The first kappa shape index (κ1) is 14.1. The van der Waals surface area contributed by atoms with Crippen molar-refractivity contribution in [2.75, 3.05) is 12.4 Å². The molecule has 5 heteroatoms. The molecular formula is C14H17BrN2O2. The maximum Gasteiger partial charge on any atom is 0.337 e. The third kappa shape index (κ3) is 2.66. The molecular weight excluding hydrogens is 308 g/mol. The minimum absolute atomic E-state index is 0.250. The number of carbonyl (C=O) groups excluding carboxylic acids is 1. The number of alkyl halides is 1. The van der Waals surface area contributed by atoms with Gasteiger partial charge in [-0.05, 0) is 26.0 Å². The molecule has 102 valence electrons. The Labute approximate surface area is 120 Å². The minimum Gasteiger partial charge on any atom is -0.465 e. The Hall–Kier alpha value is -1.36. The van der Waals surface area contributed by atoms with Crippen molar-refractivity contribution in [2.45, 2.75) is 26.3 Å². The lowest BCUT2D eigenvalue weighted by molar-refractivity contribution is 0.0601. The van der Waals surface area contributed by atoms with Crippen LogP contribution >= 0.6 is 15.9 Å². The average Bonchev–Trinajstić information content (AvgIpc) is 2.76. The lowest BCUT2D eigenvalue weighted by atomic mass is 10.1. The van der Waals surface area contributed by atoms with Crippen LogP contribution in [0.4, 0.5) is 0 Å². The molecule has 0 bridgehead atoms. The third-order valence-electron chi connectivity index (χ3n) is 3.03. The molecule has 1 aromatic heterocycles. The van der Waals surface area contributed by atoms with Gasteiger partial charge in [-0.3, -0.25) is 4.68 Å². The second kappa shape index (κ2) is 5.74. The summed E-state index contributed by atoms with van der Waals surface area (Å²) in [5, 5.41) is 6.61. The first-order valence-electron chi connectivity index (χ1n) is 6.24. The Bertz CT molecular complexity index is 605. The monoisotopic (exact) mass is 324 g/mol. The third-order valence-corrected chi connectivity index (χ3v) is 3.42. The van der Waals surface area contributed by atoms with Gasteiger partial charge in [0.2, 0.25) is 0 Å². The van der Waals surface area contributed by atoms with Gasteiger partial charge in [0.05, 0.1) is 23.9 Å². The van der Waals surface area contributed by atoms with Crippen LogP contribution in [0.2, 0.25) is 0 Å². The van der Waals surface area contributed by atoms with Gasteiger partial charge in [-0.15, -0.1) is 0 Å². The highest BCUT2D eigenvalue weighted by molar-refractivity contribution is 9.09. The van der Waals surface area contributed by atoms with Crippen molar-refractivity contribution in [3.63, 3.8) is 0 Å². The number of benzene rings is 1. The molecule has 2 aromatic rings. The van der Waals surface area contributed by atoms with E-state index in [1.165, 1.54) is 7.11 Å². The van der Waals surface area contributed by atoms with Crippen LogP contribution in [0, 0.1) is 0 Å². The van der Waals surface area contributed by atoms with E-state index in [-0.39, 0.29) is 12.0 Å². The first-order chi connectivity index (χ1) is 9.08. The number of methoxy groups -OCH3 is 1. The molecule has 0 atom stereocenters. The molecule has 0 N–H and O–H groups in total. The molecule has 0 unspecified atom stereocenters. The summed E-state index contributed by atoms with van der Waals surface area (Å²) in [6.07, 6.45) is 0.869. The fourth-order valence-electron chi connectivity index (χ4n) is 2.12. The van der Waals surface area contributed by atoms with Crippen LogP contribution in [0.5, 0.6) is 0 Å². The number of halogens is 1. The van der Waals surface area contributed by atoms with E-state index in [1.54, 1.807) is 6.07 Å². The van der Waals surface area contributed by atoms with Crippen molar-refractivity contribution in [3.05, 3.63) is 29.5 Å². The highest BCUT2D eigenvalue weighted by Crippen LogP contribution is 2.24. The number of carbonyl (C=O) groups is 1. The number of ether oxygens (including phenoxy) is 1. The zero-order valence-corrected chi connectivity index (χ0v) is 12.9. The van der Waals surface area contributed by atoms with Gasteiger partial charge in [0.1, 0.15) is 0 Å². The minimum atomic E-state index is -0.319. The number of aromatic nitrogens is 2. The molecule has 0 aliphatic carbocycles. The summed E-state index contributed by atoms with van der Waals surface area (Å²) in [6, 6.07) is 5.84. The summed E-state index contributed by atoms with van der Waals surface area (Å²) < 4.78 is 6.72. The molecule has 1 aromatic carbocycles. The van der Waals surface area contributed by atoms with E-state index in [2.05, 4.69) is 34.9 Å². The molecule has 4 nitrogen and oxygen atoms in total. The second-order valence-electron chi connectivity index (χ2n) is 4.65. The topological polar surface area (TPSA) is 44.1 Å². The summed E-state index contributed by atoms with van der Waals surface area (Å²) in [5.41, 5.74) is 2.59. The molecule has 0 fully saturated rings. The summed E-state index contributed by atoms with van der Waals surface area (Å²) >= 11 is 3.44. The molecule has 0 saturated heterocycles. The molecule has 2 rings (SSSR count). The van der Waals surface area contributed by atoms with E-state index in [1.807, 2.05) is 16.8 Å². The van der Waals surface area contributed by atoms with Crippen molar-refractivity contribution in [1.29, 1.82) is 0 Å². The molecule has 0 spiro atoms. The maximum atomic E-state index is 11.6. The summed E-state index contributed by atoms with van der Waals surface area (Å²) in [5.74, 6) is -0.319. The van der Waals surface area contributed by atoms with Gasteiger partial charge < -0.3 is 4.74 Å². The van der Waals surface area contributed by atoms with E-state index in [0.29, 0.717) is 5.56 Å². The summed E-state index contributed by atoms with van der Waals surface area (Å²) in [7, 11) is 1.39. The van der Waals surface area contributed by atoms with Gasteiger partial charge in [0.15, 0.2) is 0 Å². The number of esters is 1. The molecule has 0 radical (unpaired) electrons. The van der Waals surface area contributed by atoms with E-state index in [0.717, 1.165) is 28.3 Å². The van der Waals surface area contributed by atoms with Crippen molar-refractivity contribution in [1.82, 2.24) is 9.78 Å².